The molecule has 1 amide bonds. The van der Waals surface area contributed by atoms with Gasteiger partial charge < -0.3 is 15.1 Å². The topological polar surface area (TPSA) is 38.8 Å². The number of nitrogens with one attached hydrogen (secondary N) is 1. The van der Waals surface area contributed by atoms with Gasteiger partial charge in [-0.15, -0.1) is 0 Å². The van der Waals surface area contributed by atoms with Crippen molar-refractivity contribution >= 4 is 23.0 Å². The van der Waals surface area contributed by atoms with Gasteiger partial charge in [-0.1, -0.05) is 0 Å². The molecule has 2 aliphatic rings. The summed E-state index contributed by atoms with van der Waals surface area (Å²) in [6, 6.07) is 10.9. The van der Waals surface area contributed by atoms with Crippen LogP contribution in [0.1, 0.15) is 19.8 Å². The summed E-state index contributed by atoms with van der Waals surface area (Å²) in [6.45, 7) is 6.72. The molecule has 1 atom stereocenters. The lowest BCUT2D eigenvalue weighted by Gasteiger charge is -2.38. The summed E-state index contributed by atoms with van der Waals surface area (Å²) in [7, 11) is 0. The van der Waals surface area contributed by atoms with Gasteiger partial charge in [0, 0.05) is 56.3 Å². The van der Waals surface area contributed by atoms with E-state index in [1.54, 1.807) is 12.1 Å². The van der Waals surface area contributed by atoms with Crippen LogP contribution in [0.25, 0.3) is 0 Å². The van der Waals surface area contributed by atoms with E-state index in [0.29, 0.717) is 5.69 Å². The van der Waals surface area contributed by atoms with E-state index >= 15 is 0 Å². The van der Waals surface area contributed by atoms with E-state index < -0.39 is 0 Å². The van der Waals surface area contributed by atoms with Gasteiger partial charge in [-0.3, -0.25) is 9.69 Å². The van der Waals surface area contributed by atoms with Gasteiger partial charge in [-0.25, -0.2) is 8.78 Å². The number of piperazine rings is 1. The Hall–Kier alpha value is -2.67. The van der Waals surface area contributed by atoms with Crippen molar-refractivity contribution in [1.82, 2.24) is 4.90 Å². The van der Waals surface area contributed by atoms with E-state index in [2.05, 4.69) is 20.0 Å². The maximum absolute atomic E-state index is 14.1. The normalized spacial score (nSPS) is 18.5. The summed E-state index contributed by atoms with van der Waals surface area (Å²) in [6.07, 6.45) is 2.22. The van der Waals surface area contributed by atoms with Crippen molar-refractivity contribution in [3.63, 3.8) is 0 Å². The lowest BCUT2D eigenvalue weighted by Crippen LogP contribution is -2.52. The summed E-state index contributed by atoms with van der Waals surface area (Å²) >= 11 is 0. The van der Waals surface area contributed by atoms with Crippen LogP contribution in [-0.2, 0) is 4.79 Å². The number of rotatable bonds is 5. The van der Waals surface area contributed by atoms with Crippen LogP contribution >= 0.6 is 0 Å². The molecule has 2 aromatic rings. The predicted octanol–water partition coefficient (Wildman–Crippen LogP) is 3.71. The summed E-state index contributed by atoms with van der Waals surface area (Å²) in [4.78, 5) is 19.3. The molecule has 0 aliphatic carbocycles. The van der Waals surface area contributed by atoms with Gasteiger partial charge in [0.25, 0.3) is 0 Å². The quantitative estimate of drug-likeness (QED) is 0.810. The molecule has 2 aromatic carbocycles. The monoisotopic (exact) mass is 414 g/mol. The molecule has 1 unspecified atom stereocenters. The number of nitrogens with zero attached hydrogens (tertiary/aromatic N) is 3. The molecule has 7 heteroatoms. The number of halogens is 2. The first-order valence-electron chi connectivity index (χ1n) is 10.6. The Bertz CT molecular complexity index is 875. The highest BCUT2D eigenvalue weighted by atomic mass is 19.1. The molecule has 4 rings (SSSR count). The first-order chi connectivity index (χ1) is 14.5. The van der Waals surface area contributed by atoms with Crippen LogP contribution in [0.2, 0.25) is 0 Å². The number of anilines is 3. The molecule has 160 valence electrons. The second-order valence-electron chi connectivity index (χ2n) is 8.06. The summed E-state index contributed by atoms with van der Waals surface area (Å²) in [5, 5.41) is 2.89. The predicted molar refractivity (Wildman–Crippen MR) is 116 cm³/mol. The average molecular weight is 415 g/mol. The van der Waals surface area contributed by atoms with Crippen LogP contribution in [0.4, 0.5) is 25.8 Å². The van der Waals surface area contributed by atoms with Gasteiger partial charge in [0.2, 0.25) is 5.91 Å². The van der Waals surface area contributed by atoms with Crippen molar-refractivity contribution in [2.24, 2.45) is 0 Å². The minimum absolute atomic E-state index is 0.136. The van der Waals surface area contributed by atoms with Crippen LogP contribution < -0.4 is 15.1 Å². The molecule has 0 aromatic heterocycles. The molecular formula is C23H28F2N4O. The molecule has 5 nitrogen and oxygen atoms in total. The van der Waals surface area contributed by atoms with Gasteiger partial charge >= 0.3 is 0 Å². The fraction of sp³-hybridized carbons (Fsp3) is 0.435. The third-order valence-electron chi connectivity index (χ3n) is 6.05. The van der Waals surface area contributed by atoms with Gasteiger partial charge in [0.05, 0.1) is 6.04 Å². The van der Waals surface area contributed by atoms with E-state index in [0.717, 1.165) is 63.5 Å². The second-order valence-corrected chi connectivity index (χ2v) is 8.06. The van der Waals surface area contributed by atoms with Crippen molar-refractivity contribution in [3.05, 3.63) is 54.1 Å². The fourth-order valence-electron chi connectivity index (χ4n) is 4.24. The average Bonchev–Trinajstić information content (AvgIpc) is 3.28. The van der Waals surface area contributed by atoms with Crippen molar-refractivity contribution in [2.75, 3.05) is 54.4 Å². The highest BCUT2D eigenvalue weighted by Gasteiger charge is 2.26. The molecule has 0 spiro atoms. The van der Waals surface area contributed by atoms with Crippen molar-refractivity contribution in [2.45, 2.75) is 25.8 Å². The number of carbonyl (C=O) groups is 1. The maximum Gasteiger partial charge on any atom is 0.241 e. The smallest absolute Gasteiger partial charge is 0.241 e. The SMILES string of the molecule is CC(C(=O)Nc1cc(F)cc(N2CCCC2)c1)N1CCN(c2ccc(F)cc2)CC1. The highest BCUT2D eigenvalue weighted by molar-refractivity contribution is 5.95. The first-order valence-corrected chi connectivity index (χ1v) is 10.6. The Morgan fingerprint density at radius 2 is 1.47 bits per heavy atom. The van der Waals surface area contributed by atoms with E-state index in [-0.39, 0.29) is 23.6 Å². The lowest BCUT2D eigenvalue weighted by molar-refractivity contribution is -0.120. The molecule has 2 fully saturated rings. The second kappa shape index (κ2) is 9.00. The van der Waals surface area contributed by atoms with Crippen molar-refractivity contribution < 1.29 is 13.6 Å². The zero-order valence-electron chi connectivity index (χ0n) is 17.3. The number of hydrogen-bond donors (Lipinski definition) is 1. The molecule has 2 aliphatic heterocycles. The Labute approximate surface area is 176 Å². The van der Waals surface area contributed by atoms with Gasteiger partial charge in [0.15, 0.2) is 0 Å². The van der Waals surface area contributed by atoms with Gasteiger partial charge in [-0.2, -0.15) is 0 Å². The number of amides is 1. The van der Waals surface area contributed by atoms with E-state index in [1.807, 2.05) is 13.0 Å². The van der Waals surface area contributed by atoms with E-state index in [9.17, 15) is 13.6 Å². The number of hydrogen-bond acceptors (Lipinski definition) is 4. The minimum atomic E-state index is -0.338. The third kappa shape index (κ3) is 4.73. The molecule has 1 N–H and O–H groups in total. The van der Waals surface area contributed by atoms with Crippen molar-refractivity contribution in [3.8, 4) is 0 Å². The van der Waals surface area contributed by atoms with Crippen LogP contribution in [-0.4, -0.2) is 56.1 Å². The molecule has 0 bridgehead atoms. The van der Waals surface area contributed by atoms with Crippen LogP contribution in [0.5, 0.6) is 0 Å². The van der Waals surface area contributed by atoms with Crippen LogP contribution in [0, 0.1) is 11.6 Å². The zero-order chi connectivity index (χ0) is 21.1. The zero-order valence-corrected chi connectivity index (χ0v) is 17.3. The Balaban J connectivity index is 1.34. The third-order valence-corrected chi connectivity index (χ3v) is 6.05. The van der Waals surface area contributed by atoms with E-state index in [1.165, 1.54) is 24.3 Å². The number of benzene rings is 2. The Kier molecular flexibility index (Phi) is 6.18. The molecule has 2 saturated heterocycles. The molecule has 0 saturated carbocycles. The highest BCUT2D eigenvalue weighted by Crippen LogP contribution is 2.25. The molecule has 2 heterocycles. The van der Waals surface area contributed by atoms with Gasteiger partial charge in [0.1, 0.15) is 11.6 Å². The molecule has 0 radical (unpaired) electrons. The summed E-state index contributed by atoms with van der Waals surface area (Å²) < 4.78 is 27.2. The van der Waals surface area contributed by atoms with Crippen molar-refractivity contribution in [1.29, 1.82) is 0 Å². The molecule has 30 heavy (non-hydrogen) atoms. The Morgan fingerprint density at radius 1 is 0.833 bits per heavy atom. The maximum atomic E-state index is 14.1. The number of carbonyl (C=O) groups excluding carboxylic acids is 1. The van der Waals surface area contributed by atoms with Crippen LogP contribution in [0.15, 0.2) is 42.5 Å². The largest absolute Gasteiger partial charge is 0.371 e. The minimum Gasteiger partial charge on any atom is -0.371 e. The lowest BCUT2D eigenvalue weighted by atomic mass is 10.2. The summed E-state index contributed by atoms with van der Waals surface area (Å²) in [5.74, 6) is -0.716. The van der Waals surface area contributed by atoms with E-state index in [4.69, 9.17) is 0 Å². The Morgan fingerprint density at radius 3 is 2.13 bits per heavy atom. The fourth-order valence-corrected chi connectivity index (χ4v) is 4.24. The summed E-state index contributed by atoms with van der Waals surface area (Å²) in [5.41, 5.74) is 2.31. The van der Waals surface area contributed by atoms with Gasteiger partial charge in [-0.05, 0) is 62.2 Å². The molecular weight excluding hydrogens is 386 g/mol. The van der Waals surface area contributed by atoms with Crippen LogP contribution in [0.3, 0.4) is 0 Å². The standard InChI is InChI=1S/C23H28F2N4O/c1-17(27-10-12-29(13-11-27)21-6-4-18(24)5-7-21)23(30)26-20-14-19(25)15-22(16-20)28-8-2-3-9-28/h4-7,14-17H,2-3,8-13H2,1H3,(H,26,30). The first kappa shape index (κ1) is 20.6.